The average molecular weight is 269 g/mol. The summed E-state index contributed by atoms with van der Waals surface area (Å²) >= 11 is 0. The molecule has 0 heterocycles. The van der Waals surface area contributed by atoms with Gasteiger partial charge in [-0.25, -0.2) is 0 Å². The average Bonchev–Trinajstić information content (AvgIpc) is 2.46. The Bertz CT molecular complexity index is 534. The van der Waals surface area contributed by atoms with Crippen molar-refractivity contribution in [3.05, 3.63) is 35.9 Å². The Kier molecular flexibility index (Phi) is 6.36. The van der Waals surface area contributed by atoms with Gasteiger partial charge in [0.05, 0.1) is 18.7 Å². The minimum Gasteiger partial charge on any atom is -0.494 e. The predicted molar refractivity (Wildman–Crippen MR) is 74.5 cm³/mol. The molecule has 0 spiro atoms. The van der Waals surface area contributed by atoms with Crippen molar-refractivity contribution in [3.8, 4) is 17.9 Å². The SMILES string of the molecule is CCOc1ccc(/C=C/C(=O)N(CC#N)CC#N)cc1. The minimum atomic E-state index is -0.359. The zero-order valence-electron chi connectivity index (χ0n) is 11.2. The molecule has 0 aliphatic rings. The summed E-state index contributed by atoms with van der Waals surface area (Å²) in [6.07, 6.45) is 2.99. The van der Waals surface area contributed by atoms with Crippen LogP contribution in [0.3, 0.4) is 0 Å². The van der Waals surface area contributed by atoms with Crippen LogP contribution in [0.15, 0.2) is 30.3 Å². The summed E-state index contributed by atoms with van der Waals surface area (Å²) in [5.41, 5.74) is 0.843. The summed E-state index contributed by atoms with van der Waals surface area (Å²) in [5.74, 6) is 0.411. The zero-order chi connectivity index (χ0) is 14.8. The Labute approximate surface area is 118 Å². The standard InChI is InChI=1S/C15H15N3O2/c1-2-20-14-6-3-13(4-7-14)5-8-15(19)18(11-9-16)12-10-17/h3-8H,2,11-12H2,1H3/b8-5+. The molecule has 0 radical (unpaired) electrons. The molecule has 5 heteroatoms. The molecule has 5 nitrogen and oxygen atoms in total. The number of ether oxygens (including phenoxy) is 1. The van der Waals surface area contributed by atoms with Crippen molar-refractivity contribution >= 4 is 12.0 Å². The largest absolute Gasteiger partial charge is 0.494 e. The van der Waals surface area contributed by atoms with Crippen molar-refractivity contribution in [1.82, 2.24) is 4.90 Å². The molecule has 20 heavy (non-hydrogen) atoms. The van der Waals surface area contributed by atoms with Gasteiger partial charge in [-0.15, -0.1) is 0 Å². The minimum absolute atomic E-state index is 0.0972. The quantitative estimate of drug-likeness (QED) is 0.584. The topological polar surface area (TPSA) is 77.1 Å². The highest BCUT2D eigenvalue weighted by atomic mass is 16.5. The van der Waals surface area contributed by atoms with Gasteiger partial charge in [-0.1, -0.05) is 12.1 Å². The lowest BCUT2D eigenvalue weighted by molar-refractivity contribution is -0.124. The Balaban J connectivity index is 2.68. The van der Waals surface area contributed by atoms with Crippen molar-refractivity contribution in [2.75, 3.05) is 19.7 Å². The van der Waals surface area contributed by atoms with Gasteiger partial charge in [-0.3, -0.25) is 4.79 Å². The van der Waals surface area contributed by atoms with Crippen LogP contribution in [0, 0.1) is 22.7 Å². The van der Waals surface area contributed by atoms with Crippen LogP contribution in [0.2, 0.25) is 0 Å². The Morgan fingerprint density at radius 1 is 1.25 bits per heavy atom. The molecule has 1 rings (SSSR count). The predicted octanol–water partition coefficient (Wildman–Crippen LogP) is 1.97. The first kappa shape index (κ1) is 15.3. The van der Waals surface area contributed by atoms with E-state index in [0.717, 1.165) is 11.3 Å². The van der Waals surface area contributed by atoms with Crippen molar-refractivity contribution in [3.63, 3.8) is 0 Å². The zero-order valence-corrected chi connectivity index (χ0v) is 11.2. The van der Waals surface area contributed by atoms with Crippen LogP contribution < -0.4 is 4.74 Å². The number of rotatable bonds is 6. The third kappa shape index (κ3) is 4.83. The smallest absolute Gasteiger partial charge is 0.248 e. The van der Waals surface area contributed by atoms with Gasteiger partial charge in [0, 0.05) is 6.08 Å². The molecule has 1 aromatic carbocycles. The summed E-state index contributed by atoms with van der Waals surface area (Å²) in [6.45, 7) is 2.32. The van der Waals surface area contributed by atoms with Crippen molar-refractivity contribution in [2.24, 2.45) is 0 Å². The molecule has 0 aliphatic carbocycles. The maximum Gasteiger partial charge on any atom is 0.248 e. The van der Waals surface area contributed by atoms with Crippen molar-refractivity contribution in [1.29, 1.82) is 10.5 Å². The number of hydrogen-bond donors (Lipinski definition) is 0. The molecule has 0 atom stereocenters. The summed E-state index contributed by atoms with van der Waals surface area (Å²) < 4.78 is 5.32. The van der Waals surface area contributed by atoms with Gasteiger partial charge < -0.3 is 9.64 Å². The molecule has 0 saturated carbocycles. The van der Waals surface area contributed by atoms with E-state index in [0.29, 0.717) is 6.61 Å². The fourth-order valence-corrected chi connectivity index (χ4v) is 1.50. The third-order valence-electron chi connectivity index (χ3n) is 2.44. The Morgan fingerprint density at radius 3 is 2.35 bits per heavy atom. The number of amides is 1. The normalized spacial score (nSPS) is 9.75. The molecule has 0 aromatic heterocycles. The number of carbonyl (C=O) groups excluding carboxylic acids is 1. The third-order valence-corrected chi connectivity index (χ3v) is 2.44. The molecule has 102 valence electrons. The molecule has 1 aromatic rings. The number of nitrogens with zero attached hydrogens (tertiary/aromatic N) is 3. The lowest BCUT2D eigenvalue weighted by Crippen LogP contribution is -2.30. The van der Waals surface area contributed by atoms with Crippen LogP contribution in [0.5, 0.6) is 5.75 Å². The molecule has 0 N–H and O–H groups in total. The van der Waals surface area contributed by atoms with Crippen LogP contribution in [0.4, 0.5) is 0 Å². The Hall–Kier alpha value is -2.79. The second kappa shape index (κ2) is 8.34. The molecule has 1 amide bonds. The van der Waals surface area contributed by atoms with Crippen LogP contribution in [-0.2, 0) is 4.79 Å². The molecule has 0 saturated heterocycles. The van der Waals surface area contributed by atoms with E-state index >= 15 is 0 Å². The van der Waals surface area contributed by atoms with Crippen LogP contribution in [0.25, 0.3) is 6.08 Å². The number of nitriles is 2. The van der Waals surface area contributed by atoms with Gasteiger partial charge >= 0.3 is 0 Å². The van der Waals surface area contributed by atoms with Gasteiger partial charge in [0.2, 0.25) is 5.91 Å². The summed E-state index contributed by atoms with van der Waals surface area (Å²) in [6, 6.07) is 11.0. The first-order valence-corrected chi connectivity index (χ1v) is 6.15. The fourth-order valence-electron chi connectivity index (χ4n) is 1.50. The van der Waals surface area contributed by atoms with Gasteiger partial charge in [0.25, 0.3) is 0 Å². The number of benzene rings is 1. The Morgan fingerprint density at radius 2 is 1.85 bits per heavy atom. The van der Waals surface area contributed by atoms with E-state index in [1.165, 1.54) is 11.0 Å². The second-order valence-electron chi connectivity index (χ2n) is 3.85. The fraction of sp³-hybridized carbons (Fsp3) is 0.267. The first-order chi connectivity index (χ1) is 9.71. The number of carbonyl (C=O) groups is 1. The molecule has 0 bridgehead atoms. The lowest BCUT2D eigenvalue weighted by Gasteiger charge is -2.12. The summed E-state index contributed by atoms with van der Waals surface area (Å²) in [7, 11) is 0. The highest BCUT2D eigenvalue weighted by Crippen LogP contribution is 2.13. The van der Waals surface area contributed by atoms with Gasteiger partial charge in [0.15, 0.2) is 0 Å². The van der Waals surface area contributed by atoms with Crippen molar-refractivity contribution < 1.29 is 9.53 Å². The van der Waals surface area contributed by atoms with Crippen molar-refractivity contribution in [2.45, 2.75) is 6.92 Å². The van der Waals surface area contributed by atoms with E-state index in [1.807, 2.05) is 43.3 Å². The molecule has 0 fully saturated rings. The van der Waals surface area contributed by atoms with E-state index < -0.39 is 0 Å². The van der Waals surface area contributed by atoms with E-state index in [-0.39, 0.29) is 19.0 Å². The van der Waals surface area contributed by atoms with Crippen LogP contribution in [0.1, 0.15) is 12.5 Å². The van der Waals surface area contributed by atoms with Gasteiger partial charge in [-0.05, 0) is 30.7 Å². The summed E-state index contributed by atoms with van der Waals surface area (Å²) in [5, 5.41) is 17.2. The molecule has 0 unspecified atom stereocenters. The van der Waals surface area contributed by atoms with E-state index in [9.17, 15) is 4.79 Å². The first-order valence-electron chi connectivity index (χ1n) is 6.15. The van der Waals surface area contributed by atoms with Gasteiger partial charge in [-0.2, -0.15) is 10.5 Å². The van der Waals surface area contributed by atoms with Crippen LogP contribution >= 0.6 is 0 Å². The molecular weight excluding hydrogens is 254 g/mol. The number of hydrogen-bond acceptors (Lipinski definition) is 4. The maximum absolute atomic E-state index is 11.8. The highest BCUT2D eigenvalue weighted by Gasteiger charge is 2.08. The molecular formula is C15H15N3O2. The molecule has 0 aliphatic heterocycles. The maximum atomic E-state index is 11.8. The lowest BCUT2D eigenvalue weighted by atomic mass is 10.2. The second-order valence-corrected chi connectivity index (χ2v) is 3.85. The van der Waals surface area contributed by atoms with E-state index in [1.54, 1.807) is 6.08 Å². The van der Waals surface area contributed by atoms with E-state index in [2.05, 4.69) is 0 Å². The highest BCUT2D eigenvalue weighted by molar-refractivity contribution is 5.92. The monoisotopic (exact) mass is 269 g/mol. The van der Waals surface area contributed by atoms with E-state index in [4.69, 9.17) is 15.3 Å². The van der Waals surface area contributed by atoms with Gasteiger partial charge in [0.1, 0.15) is 18.8 Å². The van der Waals surface area contributed by atoms with Crippen LogP contribution in [-0.4, -0.2) is 30.5 Å². The summed E-state index contributed by atoms with van der Waals surface area (Å²) in [4.78, 5) is 12.9.